The number of benzene rings is 1. The fourth-order valence-corrected chi connectivity index (χ4v) is 3.69. The lowest BCUT2D eigenvalue weighted by molar-refractivity contribution is 0.220. The zero-order valence-corrected chi connectivity index (χ0v) is 13.5. The first-order chi connectivity index (χ1) is 10.3. The predicted octanol–water partition coefficient (Wildman–Crippen LogP) is 3.71. The van der Waals surface area contributed by atoms with Gasteiger partial charge in [-0.05, 0) is 76.7 Å². The van der Waals surface area contributed by atoms with Gasteiger partial charge in [-0.2, -0.15) is 0 Å². The van der Waals surface area contributed by atoms with Gasteiger partial charge in [0.1, 0.15) is 0 Å². The summed E-state index contributed by atoms with van der Waals surface area (Å²) in [7, 11) is 0. The molecular weight excluding hydrogens is 256 g/mol. The maximum absolute atomic E-state index is 3.74. The van der Waals surface area contributed by atoms with Gasteiger partial charge in [0, 0.05) is 6.04 Å². The lowest BCUT2D eigenvalue weighted by Crippen LogP contribution is -2.41. The van der Waals surface area contributed by atoms with Gasteiger partial charge in [0.25, 0.3) is 0 Å². The molecule has 0 radical (unpaired) electrons. The number of rotatable bonds is 6. The van der Waals surface area contributed by atoms with Gasteiger partial charge in [-0.3, -0.25) is 0 Å². The minimum Gasteiger partial charge on any atom is -0.314 e. The van der Waals surface area contributed by atoms with Crippen molar-refractivity contribution >= 4 is 0 Å². The smallest absolute Gasteiger partial charge is 0.00787 e. The van der Waals surface area contributed by atoms with Crippen molar-refractivity contribution < 1.29 is 0 Å². The van der Waals surface area contributed by atoms with Crippen LogP contribution in [0.4, 0.5) is 0 Å². The Morgan fingerprint density at radius 3 is 2.48 bits per heavy atom. The molecule has 0 atom stereocenters. The molecule has 1 aliphatic heterocycles. The molecule has 0 spiro atoms. The molecule has 1 aromatic carbocycles. The fraction of sp³-hybridized carbons (Fsp3) is 0.684. The largest absolute Gasteiger partial charge is 0.314 e. The highest BCUT2D eigenvalue weighted by molar-refractivity contribution is 5.26. The molecule has 3 rings (SSSR count). The second kappa shape index (κ2) is 7.42. The molecule has 1 saturated heterocycles. The van der Waals surface area contributed by atoms with Crippen LogP contribution in [0.15, 0.2) is 24.3 Å². The van der Waals surface area contributed by atoms with Crippen molar-refractivity contribution in [1.29, 1.82) is 0 Å². The third-order valence-corrected chi connectivity index (χ3v) is 5.22. The molecule has 2 aliphatic rings. The van der Waals surface area contributed by atoms with E-state index in [2.05, 4.69) is 41.4 Å². The Morgan fingerprint density at radius 2 is 1.76 bits per heavy atom. The summed E-state index contributed by atoms with van der Waals surface area (Å²) in [6, 6.07) is 9.88. The van der Waals surface area contributed by atoms with Crippen LogP contribution in [-0.2, 0) is 0 Å². The lowest BCUT2D eigenvalue weighted by atomic mass is 9.76. The molecule has 2 nitrogen and oxygen atoms in total. The molecule has 2 heteroatoms. The first-order valence-corrected chi connectivity index (χ1v) is 8.83. The summed E-state index contributed by atoms with van der Waals surface area (Å²) >= 11 is 0. The van der Waals surface area contributed by atoms with Gasteiger partial charge < -0.3 is 10.2 Å². The van der Waals surface area contributed by atoms with E-state index in [9.17, 15) is 0 Å². The average molecular weight is 286 g/mol. The summed E-state index contributed by atoms with van der Waals surface area (Å²) in [5.41, 5.74) is 2.90. The molecular formula is C19H30N2. The van der Waals surface area contributed by atoms with E-state index in [-0.39, 0.29) is 0 Å². The summed E-state index contributed by atoms with van der Waals surface area (Å²) in [6.07, 6.45) is 8.23. The van der Waals surface area contributed by atoms with E-state index in [1.54, 1.807) is 0 Å². The second-order valence-corrected chi connectivity index (χ2v) is 6.99. The van der Waals surface area contributed by atoms with Crippen molar-refractivity contribution in [3.8, 4) is 0 Å². The van der Waals surface area contributed by atoms with Crippen molar-refractivity contribution in [1.82, 2.24) is 10.2 Å². The van der Waals surface area contributed by atoms with E-state index >= 15 is 0 Å². The van der Waals surface area contributed by atoms with Gasteiger partial charge in [-0.15, -0.1) is 0 Å². The summed E-state index contributed by atoms with van der Waals surface area (Å²) in [4.78, 5) is 2.64. The Bertz CT molecular complexity index is 414. The van der Waals surface area contributed by atoms with Crippen molar-refractivity contribution in [2.24, 2.45) is 0 Å². The van der Waals surface area contributed by atoms with Gasteiger partial charge in [0.15, 0.2) is 0 Å². The van der Waals surface area contributed by atoms with Crippen LogP contribution < -0.4 is 5.32 Å². The molecule has 1 aliphatic carbocycles. The van der Waals surface area contributed by atoms with E-state index < -0.39 is 0 Å². The van der Waals surface area contributed by atoms with Gasteiger partial charge in [-0.25, -0.2) is 0 Å². The van der Waals surface area contributed by atoms with E-state index in [1.807, 2.05) is 0 Å². The molecule has 21 heavy (non-hydrogen) atoms. The minimum absolute atomic E-state index is 0.762. The van der Waals surface area contributed by atoms with E-state index in [4.69, 9.17) is 0 Å². The van der Waals surface area contributed by atoms with Gasteiger partial charge in [-0.1, -0.05) is 36.2 Å². The van der Waals surface area contributed by atoms with Crippen LogP contribution in [0.1, 0.15) is 55.6 Å². The van der Waals surface area contributed by atoms with Crippen LogP contribution in [0.2, 0.25) is 0 Å². The highest BCUT2D eigenvalue weighted by atomic mass is 15.1. The summed E-state index contributed by atoms with van der Waals surface area (Å²) < 4.78 is 0. The molecule has 1 aromatic rings. The zero-order chi connectivity index (χ0) is 14.5. The van der Waals surface area contributed by atoms with E-state index in [0.29, 0.717) is 0 Å². The number of nitrogens with one attached hydrogen (secondary N) is 1. The fourth-order valence-electron chi connectivity index (χ4n) is 3.69. The molecule has 116 valence electrons. The SMILES string of the molecule is Cc1ccc(C2CC(NCCCN3CCCCC3)C2)cc1. The highest BCUT2D eigenvalue weighted by Gasteiger charge is 2.29. The number of nitrogens with zero attached hydrogens (tertiary/aromatic N) is 1. The topological polar surface area (TPSA) is 15.3 Å². The third-order valence-electron chi connectivity index (χ3n) is 5.22. The van der Waals surface area contributed by atoms with Crippen LogP contribution in [0.25, 0.3) is 0 Å². The average Bonchev–Trinajstić information content (AvgIpc) is 2.48. The summed E-state index contributed by atoms with van der Waals surface area (Å²) in [5, 5.41) is 3.74. The van der Waals surface area contributed by atoms with Crippen molar-refractivity contribution in [3.63, 3.8) is 0 Å². The van der Waals surface area contributed by atoms with Crippen molar-refractivity contribution in [3.05, 3.63) is 35.4 Å². The maximum Gasteiger partial charge on any atom is 0.00787 e. The minimum atomic E-state index is 0.762. The van der Waals surface area contributed by atoms with Crippen LogP contribution in [0.5, 0.6) is 0 Å². The Kier molecular flexibility index (Phi) is 5.32. The quantitative estimate of drug-likeness (QED) is 0.802. The van der Waals surface area contributed by atoms with Crippen molar-refractivity contribution in [2.45, 2.75) is 57.4 Å². The van der Waals surface area contributed by atoms with Crippen molar-refractivity contribution in [2.75, 3.05) is 26.2 Å². The number of hydrogen-bond acceptors (Lipinski definition) is 2. The van der Waals surface area contributed by atoms with E-state index in [1.165, 1.54) is 75.8 Å². The molecule has 0 amide bonds. The lowest BCUT2D eigenvalue weighted by Gasteiger charge is -2.36. The van der Waals surface area contributed by atoms with Gasteiger partial charge in [0.05, 0.1) is 0 Å². The normalized spacial score (nSPS) is 26.5. The molecule has 1 saturated carbocycles. The highest BCUT2D eigenvalue weighted by Crippen LogP contribution is 2.36. The van der Waals surface area contributed by atoms with Gasteiger partial charge >= 0.3 is 0 Å². The van der Waals surface area contributed by atoms with Gasteiger partial charge in [0.2, 0.25) is 0 Å². The second-order valence-electron chi connectivity index (χ2n) is 6.99. The molecule has 1 heterocycles. The summed E-state index contributed by atoms with van der Waals surface area (Å²) in [6.45, 7) is 7.32. The number of piperidine rings is 1. The number of likely N-dealkylation sites (tertiary alicyclic amines) is 1. The first kappa shape index (κ1) is 15.1. The number of hydrogen-bond donors (Lipinski definition) is 1. The molecule has 0 bridgehead atoms. The Hall–Kier alpha value is -0.860. The predicted molar refractivity (Wildman–Crippen MR) is 89.9 cm³/mol. The number of aryl methyl sites for hydroxylation is 1. The van der Waals surface area contributed by atoms with Crippen LogP contribution >= 0.6 is 0 Å². The standard InChI is InChI=1S/C19H30N2/c1-16-6-8-17(9-7-16)18-14-19(15-18)20-10-5-13-21-11-3-2-4-12-21/h6-9,18-20H,2-5,10-15H2,1H3. The zero-order valence-electron chi connectivity index (χ0n) is 13.5. The summed E-state index contributed by atoms with van der Waals surface area (Å²) in [5.74, 6) is 0.796. The van der Waals surface area contributed by atoms with Crippen LogP contribution in [-0.4, -0.2) is 37.1 Å². The van der Waals surface area contributed by atoms with E-state index in [0.717, 1.165) is 12.0 Å². The third kappa shape index (κ3) is 4.31. The Morgan fingerprint density at radius 1 is 1.05 bits per heavy atom. The maximum atomic E-state index is 3.74. The Labute approximate surface area is 129 Å². The molecule has 1 N–H and O–H groups in total. The molecule has 0 unspecified atom stereocenters. The molecule has 2 fully saturated rings. The first-order valence-electron chi connectivity index (χ1n) is 8.83. The monoisotopic (exact) mass is 286 g/mol. The van der Waals surface area contributed by atoms with Crippen LogP contribution in [0, 0.1) is 6.92 Å². The Balaban J connectivity index is 1.28. The van der Waals surface area contributed by atoms with Crippen LogP contribution in [0.3, 0.4) is 0 Å². The molecule has 0 aromatic heterocycles.